The second-order valence-electron chi connectivity index (χ2n) is 6.51. The summed E-state index contributed by atoms with van der Waals surface area (Å²) in [4.78, 5) is 2.64. The SMILES string of the molecule is c1ccc(COC2CCN(C[C@H]3CCCNC3)CC2)cc1. The average Bonchev–Trinajstić information content (AvgIpc) is 2.56. The first-order valence-electron chi connectivity index (χ1n) is 8.49. The fourth-order valence-corrected chi connectivity index (χ4v) is 3.49. The smallest absolute Gasteiger partial charge is 0.0720 e. The lowest BCUT2D eigenvalue weighted by Crippen LogP contribution is -2.43. The Morgan fingerprint density at radius 2 is 1.90 bits per heavy atom. The standard InChI is InChI=1S/C18H28N2O/c1-2-5-16(6-3-1)15-21-18-8-11-20(12-9-18)14-17-7-4-10-19-13-17/h1-3,5-6,17-19H,4,7-15H2/t17-/m0/s1. The molecule has 3 nitrogen and oxygen atoms in total. The Bertz CT molecular complexity index is 395. The van der Waals surface area contributed by atoms with Crippen LogP contribution in [0.4, 0.5) is 0 Å². The Morgan fingerprint density at radius 1 is 1.10 bits per heavy atom. The molecule has 2 heterocycles. The molecule has 0 radical (unpaired) electrons. The third-order valence-corrected chi connectivity index (χ3v) is 4.78. The summed E-state index contributed by atoms with van der Waals surface area (Å²) in [6.45, 7) is 6.87. The molecule has 0 amide bonds. The summed E-state index contributed by atoms with van der Waals surface area (Å²) in [5.41, 5.74) is 1.29. The van der Waals surface area contributed by atoms with Crippen LogP contribution in [0.25, 0.3) is 0 Å². The summed E-state index contributed by atoms with van der Waals surface area (Å²) < 4.78 is 6.07. The van der Waals surface area contributed by atoms with Crippen LogP contribution >= 0.6 is 0 Å². The fourth-order valence-electron chi connectivity index (χ4n) is 3.49. The summed E-state index contributed by atoms with van der Waals surface area (Å²) >= 11 is 0. The van der Waals surface area contributed by atoms with Gasteiger partial charge in [-0.1, -0.05) is 30.3 Å². The van der Waals surface area contributed by atoms with Crippen molar-refractivity contribution in [1.29, 1.82) is 0 Å². The predicted molar refractivity (Wildman–Crippen MR) is 86.3 cm³/mol. The Kier molecular flexibility index (Phi) is 5.67. The van der Waals surface area contributed by atoms with E-state index in [1.807, 2.05) is 0 Å². The number of ether oxygens (including phenoxy) is 1. The molecule has 0 aromatic heterocycles. The summed E-state index contributed by atoms with van der Waals surface area (Å²) in [5, 5.41) is 3.52. The van der Waals surface area contributed by atoms with Crippen LogP contribution < -0.4 is 5.32 Å². The van der Waals surface area contributed by atoms with Gasteiger partial charge in [-0.05, 0) is 50.3 Å². The van der Waals surface area contributed by atoms with E-state index in [9.17, 15) is 0 Å². The Morgan fingerprint density at radius 3 is 2.62 bits per heavy atom. The van der Waals surface area contributed by atoms with Crippen molar-refractivity contribution in [3.05, 3.63) is 35.9 Å². The zero-order valence-electron chi connectivity index (χ0n) is 13.0. The first-order valence-corrected chi connectivity index (χ1v) is 8.49. The van der Waals surface area contributed by atoms with Crippen molar-refractivity contribution in [2.24, 2.45) is 5.92 Å². The van der Waals surface area contributed by atoms with Crippen LogP contribution in [0.15, 0.2) is 30.3 Å². The summed E-state index contributed by atoms with van der Waals surface area (Å²) in [7, 11) is 0. The average molecular weight is 288 g/mol. The highest BCUT2D eigenvalue weighted by atomic mass is 16.5. The molecule has 3 rings (SSSR count). The maximum Gasteiger partial charge on any atom is 0.0720 e. The van der Waals surface area contributed by atoms with E-state index >= 15 is 0 Å². The molecule has 1 atom stereocenters. The zero-order chi connectivity index (χ0) is 14.3. The molecular weight excluding hydrogens is 260 g/mol. The zero-order valence-corrected chi connectivity index (χ0v) is 13.0. The van der Waals surface area contributed by atoms with Crippen LogP contribution in [0.2, 0.25) is 0 Å². The molecule has 116 valence electrons. The molecule has 0 bridgehead atoms. The van der Waals surface area contributed by atoms with Crippen molar-refractivity contribution in [1.82, 2.24) is 10.2 Å². The Labute approximate surface area is 128 Å². The van der Waals surface area contributed by atoms with Gasteiger partial charge in [-0.2, -0.15) is 0 Å². The van der Waals surface area contributed by atoms with Crippen LogP contribution in [0.3, 0.4) is 0 Å². The molecule has 2 aliphatic rings. The molecule has 1 N–H and O–H groups in total. The van der Waals surface area contributed by atoms with Crippen LogP contribution in [-0.4, -0.2) is 43.7 Å². The molecule has 1 aromatic carbocycles. The van der Waals surface area contributed by atoms with Crippen LogP contribution in [-0.2, 0) is 11.3 Å². The van der Waals surface area contributed by atoms with Crippen LogP contribution in [0, 0.1) is 5.92 Å². The summed E-state index contributed by atoms with van der Waals surface area (Å²) in [5.74, 6) is 0.862. The molecule has 0 spiro atoms. The van der Waals surface area contributed by atoms with E-state index < -0.39 is 0 Å². The number of benzene rings is 1. The van der Waals surface area contributed by atoms with Gasteiger partial charge in [0.15, 0.2) is 0 Å². The van der Waals surface area contributed by atoms with Crippen LogP contribution in [0.5, 0.6) is 0 Å². The number of nitrogens with zero attached hydrogens (tertiary/aromatic N) is 1. The monoisotopic (exact) mass is 288 g/mol. The van der Waals surface area contributed by atoms with Crippen LogP contribution in [0.1, 0.15) is 31.2 Å². The highest BCUT2D eigenvalue weighted by molar-refractivity contribution is 5.13. The maximum atomic E-state index is 6.07. The normalized spacial score (nSPS) is 25.0. The van der Waals surface area contributed by atoms with Gasteiger partial charge in [-0.3, -0.25) is 0 Å². The lowest BCUT2D eigenvalue weighted by atomic mass is 9.97. The molecule has 3 heteroatoms. The largest absolute Gasteiger partial charge is 0.373 e. The lowest BCUT2D eigenvalue weighted by Gasteiger charge is -2.35. The van der Waals surface area contributed by atoms with Gasteiger partial charge in [-0.25, -0.2) is 0 Å². The van der Waals surface area contributed by atoms with E-state index in [-0.39, 0.29) is 0 Å². The Hall–Kier alpha value is -0.900. The van der Waals surface area contributed by atoms with Gasteiger partial charge >= 0.3 is 0 Å². The second-order valence-corrected chi connectivity index (χ2v) is 6.51. The third-order valence-electron chi connectivity index (χ3n) is 4.78. The lowest BCUT2D eigenvalue weighted by molar-refractivity contribution is -0.00560. The molecular formula is C18H28N2O. The molecule has 0 saturated carbocycles. The van der Waals surface area contributed by atoms with Gasteiger partial charge in [0.25, 0.3) is 0 Å². The predicted octanol–water partition coefficient (Wildman–Crippen LogP) is 2.67. The molecule has 0 aliphatic carbocycles. The minimum Gasteiger partial charge on any atom is -0.373 e. The van der Waals surface area contributed by atoms with Gasteiger partial charge in [-0.15, -0.1) is 0 Å². The van der Waals surface area contributed by atoms with Gasteiger partial charge < -0.3 is 15.0 Å². The molecule has 0 unspecified atom stereocenters. The molecule has 2 aliphatic heterocycles. The summed E-state index contributed by atoms with van der Waals surface area (Å²) in [6, 6.07) is 10.5. The van der Waals surface area contributed by atoms with E-state index in [4.69, 9.17) is 4.74 Å². The second kappa shape index (κ2) is 7.92. The first-order chi connectivity index (χ1) is 10.4. The van der Waals surface area contributed by atoms with E-state index in [0.29, 0.717) is 6.10 Å². The molecule has 21 heavy (non-hydrogen) atoms. The van der Waals surface area contributed by atoms with Gasteiger partial charge in [0, 0.05) is 19.6 Å². The van der Waals surface area contributed by atoms with Crippen molar-refractivity contribution in [3.8, 4) is 0 Å². The maximum absolute atomic E-state index is 6.07. The van der Waals surface area contributed by atoms with Crippen molar-refractivity contribution >= 4 is 0 Å². The summed E-state index contributed by atoms with van der Waals surface area (Å²) in [6.07, 6.45) is 5.57. The van der Waals surface area contributed by atoms with E-state index in [1.165, 1.54) is 64.0 Å². The van der Waals surface area contributed by atoms with Gasteiger partial charge in [0.05, 0.1) is 12.7 Å². The number of piperidine rings is 2. The quantitative estimate of drug-likeness (QED) is 0.901. The number of rotatable bonds is 5. The van der Waals surface area contributed by atoms with Crippen molar-refractivity contribution < 1.29 is 4.74 Å². The molecule has 1 aromatic rings. The fraction of sp³-hybridized carbons (Fsp3) is 0.667. The van der Waals surface area contributed by atoms with E-state index in [1.54, 1.807) is 0 Å². The number of hydrogen-bond acceptors (Lipinski definition) is 3. The number of hydrogen-bond donors (Lipinski definition) is 1. The van der Waals surface area contributed by atoms with E-state index in [0.717, 1.165) is 12.5 Å². The highest BCUT2D eigenvalue weighted by Gasteiger charge is 2.22. The van der Waals surface area contributed by atoms with Gasteiger partial charge in [0.1, 0.15) is 0 Å². The van der Waals surface area contributed by atoms with Crippen molar-refractivity contribution in [2.75, 3.05) is 32.7 Å². The van der Waals surface area contributed by atoms with Gasteiger partial charge in [0.2, 0.25) is 0 Å². The highest BCUT2D eigenvalue weighted by Crippen LogP contribution is 2.19. The number of nitrogens with one attached hydrogen (secondary N) is 1. The minimum atomic E-state index is 0.450. The molecule has 2 fully saturated rings. The first kappa shape index (κ1) is 15.0. The number of likely N-dealkylation sites (tertiary alicyclic amines) is 1. The molecule has 2 saturated heterocycles. The van der Waals surface area contributed by atoms with Crippen molar-refractivity contribution in [3.63, 3.8) is 0 Å². The van der Waals surface area contributed by atoms with Crippen molar-refractivity contribution in [2.45, 2.75) is 38.4 Å². The topological polar surface area (TPSA) is 24.5 Å². The Balaban J connectivity index is 1.35. The van der Waals surface area contributed by atoms with E-state index in [2.05, 4.69) is 40.5 Å². The third kappa shape index (κ3) is 4.80. The minimum absolute atomic E-state index is 0.450.